The maximum Gasteiger partial charge on any atom is 0.0689 e. The third kappa shape index (κ3) is 3.67. The van der Waals surface area contributed by atoms with Crippen molar-refractivity contribution in [2.24, 2.45) is 7.05 Å². The number of hydrogen-bond acceptors (Lipinski definition) is 2. The fraction of sp³-hybridized carbons (Fsp3) is 0.438. The number of aromatic nitrogens is 2. The number of nitrogens with zero attached hydrogens (tertiary/aromatic N) is 2. The van der Waals surface area contributed by atoms with Crippen LogP contribution in [0.15, 0.2) is 42.6 Å². The summed E-state index contributed by atoms with van der Waals surface area (Å²) < 4.78 is 1.87. The summed E-state index contributed by atoms with van der Waals surface area (Å²) in [6, 6.07) is 12.2. The molecule has 2 rings (SSSR count). The molecule has 0 amide bonds. The van der Waals surface area contributed by atoms with Crippen LogP contribution in [-0.2, 0) is 19.9 Å². The van der Waals surface area contributed by atoms with Gasteiger partial charge in [-0.25, -0.2) is 0 Å². The lowest BCUT2D eigenvalue weighted by atomic mass is 9.87. The molecule has 1 N–H and O–H groups in total. The monoisotopic (exact) mass is 258 g/mol. The highest BCUT2D eigenvalue weighted by Gasteiger charge is 2.25. The molecule has 0 bridgehead atoms. The molecule has 0 aliphatic carbocycles. The van der Waals surface area contributed by atoms with Crippen LogP contribution in [0.4, 0.5) is 0 Å². The van der Waals surface area contributed by atoms with Crippen LogP contribution >= 0.6 is 0 Å². The third-order valence-electron chi connectivity index (χ3n) is 3.80. The van der Waals surface area contributed by atoms with Crippen molar-refractivity contribution in [2.45, 2.75) is 38.2 Å². The van der Waals surface area contributed by atoms with Gasteiger partial charge in [-0.15, -0.1) is 0 Å². The van der Waals surface area contributed by atoms with E-state index < -0.39 is 5.60 Å². The first-order chi connectivity index (χ1) is 9.13. The van der Waals surface area contributed by atoms with Crippen molar-refractivity contribution in [1.82, 2.24) is 9.78 Å². The Balaban J connectivity index is 2.00. The minimum atomic E-state index is -0.633. The van der Waals surface area contributed by atoms with E-state index in [4.69, 9.17) is 0 Å². The Morgan fingerprint density at radius 1 is 1.21 bits per heavy atom. The lowest BCUT2D eigenvalue weighted by Crippen LogP contribution is -2.31. The number of aryl methyl sites for hydroxylation is 2. The van der Waals surface area contributed by atoms with Crippen LogP contribution in [0.1, 0.15) is 31.0 Å². The molecule has 1 atom stereocenters. The summed E-state index contributed by atoms with van der Waals surface area (Å²) in [6.07, 6.45) is 4.89. The second-order valence-corrected chi connectivity index (χ2v) is 5.19. The van der Waals surface area contributed by atoms with Gasteiger partial charge in [-0.05, 0) is 30.9 Å². The van der Waals surface area contributed by atoms with Crippen molar-refractivity contribution in [3.63, 3.8) is 0 Å². The van der Waals surface area contributed by atoms with E-state index in [-0.39, 0.29) is 0 Å². The van der Waals surface area contributed by atoms with E-state index in [1.807, 2.05) is 42.9 Å². The van der Waals surface area contributed by atoms with E-state index in [1.165, 1.54) is 11.3 Å². The van der Waals surface area contributed by atoms with E-state index in [1.54, 1.807) is 6.20 Å². The zero-order chi connectivity index (χ0) is 13.7. The topological polar surface area (TPSA) is 38.1 Å². The van der Waals surface area contributed by atoms with Crippen LogP contribution in [0.2, 0.25) is 0 Å². The SMILES string of the molecule is CCC(O)(CCc1ccnn1C)Cc1ccccc1. The molecule has 102 valence electrons. The van der Waals surface area contributed by atoms with Gasteiger partial charge in [-0.1, -0.05) is 37.3 Å². The molecule has 1 unspecified atom stereocenters. The van der Waals surface area contributed by atoms with E-state index in [2.05, 4.69) is 17.2 Å². The second-order valence-electron chi connectivity index (χ2n) is 5.19. The van der Waals surface area contributed by atoms with Gasteiger partial charge in [0, 0.05) is 25.4 Å². The second kappa shape index (κ2) is 6.02. The molecule has 3 nitrogen and oxygen atoms in total. The van der Waals surface area contributed by atoms with Gasteiger partial charge in [0.15, 0.2) is 0 Å². The average Bonchev–Trinajstić information content (AvgIpc) is 2.83. The number of benzene rings is 1. The first-order valence-corrected chi connectivity index (χ1v) is 6.86. The molecule has 1 aromatic heterocycles. The standard InChI is InChI=1S/C16H22N2O/c1-3-16(19,13-14-7-5-4-6-8-14)11-9-15-10-12-17-18(15)2/h4-8,10,12,19H,3,9,11,13H2,1-2H3. The van der Waals surface area contributed by atoms with Crippen LogP contribution in [0, 0.1) is 0 Å². The van der Waals surface area contributed by atoms with Crippen LogP contribution in [0.3, 0.4) is 0 Å². The van der Waals surface area contributed by atoms with Gasteiger partial charge in [0.1, 0.15) is 0 Å². The molecule has 0 fully saturated rings. The van der Waals surface area contributed by atoms with Crippen LogP contribution < -0.4 is 0 Å². The first kappa shape index (κ1) is 13.8. The van der Waals surface area contributed by atoms with E-state index in [0.717, 1.165) is 19.3 Å². The Morgan fingerprint density at radius 3 is 2.53 bits per heavy atom. The summed E-state index contributed by atoms with van der Waals surface area (Å²) in [4.78, 5) is 0. The molecule has 0 spiro atoms. The number of rotatable bonds is 6. The summed E-state index contributed by atoms with van der Waals surface area (Å²) in [6.45, 7) is 2.05. The third-order valence-corrected chi connectivity index (χ3v) is 3.80. The predicted octanol–water partition coefficient (Wildman–Crippen LogP) is 2.74. The molecule has 0 aliphatic rings. The molecule has 2 aromatic rings. The van der Waals surface area contributed by atoms with E-state index in [9.17, 15) is 5.11 Å². The lowest BCUT2D eigenvalue weighted by Gasteiger charge is -2.27. The highest BCUT2D eigenvalue weighted by Crippen LogP contribution is 2.23. The van der Waals surface area contributed by atoms with Crippen LogP contribution in [0.25, 0.3) is 0 Å². The quantitative estimate of drug-likeness (QED) is 0.865. The highest BCUT2D eigenvalue weighted by molar-refractivity contribution is 5.17. The summed E-state index contributed by atoms with van der Waals surface area (Å²) in [5.74, 6) is 0. The Bertz CT molecular complexity index is 506. The summed E-state index contributed by atoms with van der Waals surface area (Å²) in [5, 5.41) is 14.9. The van der Waals surface area contributed by atoms with E-state index >= 15 is 0 Å². The largest absolute Gasteiger partial charge is 0.390 e. The van der Waals surface area contributed by atoms with Gasteiger partial charge in [0.25, 0.3) is 0 Å². The van der Waals surface area contributed by atoms with Crippen molar-refractivity contribution in [1.29, 1.82) is 0 Å². The fourth-order valence-electron chi connectivity index (χ4n) is 2.37. The number of aliphatic hydroxyl groups is 1. The molecular weight excluding hydrogens is 236 g/mol. The van der Waals surface area contributed by atoms with Crippen molar-refractivity contribution in [3.05, 3.63) is 53.9 Å². The van der Waals surface area contributed by atoms with Gasteiger partial charge >= 0.3 is 0 Å². The summed E-state index contributed by atoms with van der Waals surface area (Å²) >= 11 is 0. The van der Waals surface area contributed by atoms with Gasteiger partial charge in [-0.2, -0.15) is 5.10 Å². The molecular formula is C16H22N2O. The molecule has 0 saturated heterocycles. The molecule has 1 aromatic carbocycles. The van der Waals surface area contributed by atoms with Crippen molar-refractivity contribution in [2.75, 3.05) is 0 Å². The minimum Gasteiger partial charge on any atom is -0.390 e. The van der Waals surface area contributed by atoms with Crippen molar-refractivity contribution < 1.29 is 5.11 Å². The Hall–Kier alpha value is -1.61. The molecule has 0 radical (unpaired) electrons. The molecule has 0 aliphatic heterocycles. The summed E-state index contributed by atoms with van der Waals surface area (Å²) in [7, 11) is 1.94. The van der Waals surface area contributed by atoms with Crippen molar-refractivity contribution in [3.8, 4) is 0 Å². The maximum atomic E-state index is 10.7. The van der Waals surface area contributed by atoms with E-state index in [0.29, 0.717) is 6.42 Å². The molecule has 1 heterocycles. The maximum absolute atomic E-state index is 10.7. The fourth-order valence-corrected chi connectivity index (χ4v) is 2.37. The van der Waals surface area contributed by atoms with Crippen LogP contribution in [-0.4, -0.2) is 20.5 Å². The van der Waals surface area contributed by atoms with Crippen molar-refractivity contribution >= 4 is 0 Å². The average molecular weight is 258 g/mol. The smallest absolute Gasteiger partial charge is 0.0689 e. The molecule has 0 saturated carbocycles. The zero-order valence-corrected chi connectivity index (χ0v) is 11.7. The predicted molar refractivity (Wildman–Crippen MR) is 76.9 cm³/mol. The molecule has 3 heteroatoms. The lowest BCUT2D eigenvalue weighted by molar-refractivity contribution is 0.0276. The van der Waals surface area contributed by atoms with Gasteiger partial charge in [0.2, 0.25) is 0 Å². The Morgan fingerprint density at radius 2 is 1.95 bits per heavy atom. The first-order valence-electron chi connectivity index (χ1n) is 6.86. The zero-order valence-electron chi connectivity index (χ0n) is 11.7. The van der Waals surface area contributed by atoms with Gasteiger partial charge in [-0.3, -0.25) is 4.68 Å². The van der Waals surface area contributed by atoms with Crippen LogP contribution in [0.5, 0.6) is 0 Å². The minimum absolute atomic E-state index is 0.633. The normalized spacial score (nSPS) is 14.3. The summed E-state index contributed by atoms with van der Waals surface area (Å²) in [5.41, 5.74) is 1.72. The number of hydrogen-bond donors (Lipinski definition) is 1. The highest BCUT2D eigenvalue weighted by atomic mass is 16.3. The Labute approximate surface area is 114 Å². The Kier molecular flexibility index (Phi) is 4.38. The van der Waals surface area contributed by atoms with Gasteiger partial charge < -0.3 is 5.11 Å². The molecule has 19 heavy (non-hydrogen) atoms. The van der Waals surface area contributed by atoms with Gasteiger partial charge in [0.05, 0.1) is 5.60 Å².